The zero-order valence-electron chi connectivity index (χ0n) is 16.3. The molecule has 4 aromatic rings. The Kier molecular flexibility index (Phi) is 5.86. The Morgan fingerprint density at radius 1 is 1.00 bits per heavy atom. The molecule has 0 aliphatic heterocycles. The smallest absolute Gasteiger partial charge is 0.265 e. The molecule has 0 saturated heterocycles. The first-order valence-corrected chi connectivity index (χ1v) is 10.2. The highest BCUT2D eigenvalue weighted by Crippen LogP contribution is 2.24. The highest BCUT2D eigenvalue weighted by Gasteiger charge is 2.16. The summed E-state index contributed by atoms with van der Waals surface area (Å²) in [6.07, 6.45) is 1.60. The molecule has 1 amide bonds. The number of carbonyl (C=O) groups excluding carboxylic acids is 1. The number of benzene rings is 3. The monoisotopic (exact) mass is 458 g/mol. The fraction of sp³-hybridized carbons (Fsp3) is 0.0417. The Morgan fingerprint density at radius 3 is 2.40 bits per heavy atom. The van der Waals surface area contributed by atoms with Crippen LogP contribution in [0.2, 0.25) is 0 Å². The molecule has 0 radical (unpaired) electrons. The molecule has 148 valence electrons. The second-order valence-corrected chi connectivity index (χ2v) is 7.69. The summed E-state index contributed by atoms with van der Waals surface area (Å²) in [5.41, 5.74) is 7.60. The minimum Gasteiger partial charge on any atom is -0.265 e. The van der Waals surface area contributed by atoms with Gasteiger partial charge in [0.05, 0.1) is 17.6 Å². The minimum atomic E-state index is -0.369. The van der Waals surface area contributed by atoms with Gasteiger partial charge in [0.15, 0.2) is 5.69 Å². The average molecular weight is 459 g/mol. The fourth-order valence-corrected chi connectivity index (χ4v) is 3.22. The van der Waals surface area contributed by atoms with Crippen LogP contribution in [0.25, 0.3) is 16.9 Å². The van der Waals surface area contributed by atoms with Gasteiger partial charge in [0, 0.05) is 10.0 Å². The number of aryl methyl sites for hydroxylation is 1. The third-order valence-electron chi connectivity index (χ3n) is 4.54. The van der Waals surface area contributed by atoms with E-state index in [1.807, 2.05) is 85.8 Å². The molecule has 30 heavy (non-hydrogen) atoms. The van der Waals surface area contributed by atoms with Crippen LogP contribution in [-0.4, -0.2) is 21.9 Å². The first kappa shape index (κ1) is 19.8. The number of hydrogen-bond donors (Lipinski definition) is 1. The number of rotatable bonds is 5. The van der Waals surface area contributed by atoms with E-state index in [-0.39, 0.29) is 5.91 Å². The van der Waals surface area contributed by atoms with Crippen molar-refractivity contribution in [1.29, 1.82) is 0 Å². The van der Waals surface area contributed by atoms with Gasteiger partial charge in [0.25, 0.3) is 5.91 Å². The highest BCUT2D eigenvalue weighted by molar-refractivity contribution is 9.10. The number of nitrogens with zero attached hydrogens (tertiary/aromatic N) is 3. The van der Waals surface area contributed by atoms with Gasteiger partial charge in [-0.15, -0.1) is 0 Å². The normalized spacial score (nSPS) is 11.0. The van der Waals surface area contributed by atoms with Gasteiger partial charge in [-0.25, -0.2) is 10.1 Å². The van der Waals surface area contributed by atoms with Crippen molar-refractivity contribution >= 4 is 28.1 Å². The molecule has 0 aliphatic rings. The van der Waals surface area contributed by atoms with E-state index < -0.39 is 0 Å². The standard InChI is InChI=1S/C24H19BrN4O/c1-17-7-11-19(12-8-17)23-15-22(28-29(23)21-5-3-2-4-6-21)24(30)27-26-16-18-9-13-20(25)14-10-18/h2-16H,1H3,(H,27,30)/b26-16-. The van der Waals surface area contributed by atoms with E-state index in [1.165, 1.54) is 5.56 Å². The maximum Gasteiger partial charge on any atom is 0.291 e. The molecule has 0 fully saturated rings. The molecule has 0 aliphatic carbocycles. The second-order valence-electron chi connectivity index (χ2n) is 6.78. The van der Waals surface area contributed by atoms with Crippen LogP contribution in [0.5, 0.6) is 0 Å². The summed E-state index contributed by atoms with van der Waals surface area (Å²) in [6.45, 7) is 2.04. The quantitative estimate of drug-likeness (QED) is 0.322. The predicted octanol–water partition coefficient (Wildman–Crippen LogP) is 5.37. The number of carbonyl (C=O) groups is 1. The number of nitrogens with one attached hydrogen (secondary N) is 1. The van der Waals surface area contributed by atoms with Crippen molar-refractivity contribution in [2.75, 3.05) is 0 Å². The van der Waals surface area contributed by atoms with E-state index in [2.05, 4.69) is 31.6 Å². The third kappa shape index (κ3) is 4.55. The van der Waals surface area contributed by atoms with Crippen LogP contribution in [0.3, 0.4) is 0 Å². The van der Waals surface area contributed by atoms with Crippen molar-refractivity contribution in [2.45, 2.75) is 6.92 Å². The Labute approximate surface area is 183 Å². The molecule has 0 unspecified atom stereocenters. The molecule has 0 spiro atoms. The summed E-state index contributed by atoms with van der Waals surface area (Å²) in [5, 5.41) is 8.60. The number of para-hydroxylation sites is 1. The number of hydrogen-bond acceptors (Lipinski definition) is 3. The Morgan fingerprint density at radius 2 is 1.70 bits per heavy atom. The molecule has 4 rings (SSSR count). The molecule has 6 heteroatoms. The van der Waals surface area contributed by atoms with E-state index in [9.17, 15) is 4.79 Å². The van der Waals surface area contributed by atoms with Gasteiger partial charge in [-0.1, -0.05) is 76.1 Å². The summed E-state index contributed by atoms with van der Waals surface area (Å²) < 4.78 is 2.76. The Bertz CT molecular complexity index is 1180. The zero-order valence-corrected chi connectivity index (χ0v) is 17.9. The van der Waals surface area contributed by atoms with Crippen molar-refractivity contribution in [1.82, 2.24) is 15.2 Å². The molecule has 1 aromatic heterocycles. The first-order valence-electron chi connectivity index (χ1n) is 9.42. The summed E-state index contributed by atoms with van der Waals surface area (Å²) in [6, 6.07) is 27.3. The minimum absolute atomic E-state index is 0.294. The number of amides is 1. The van der Waals surface area contributed by atoms with E-state index in [1.54, 1.807) is 17.0 Å². The van der Waals surface area contributed by atoms with Crippen molar-refractivity contribution in [3.05, 3.63) is 106 Å². The van der Waals surface area contributed by atoms with Gasteiger partial charge in [0.2, 0.25) is 0 Å². The van der Waals surface area contributed by atoms with Gasteiger partial charge < -0.3 is 0 Å². The van der Waals surface area contributed by atoms with Gasteiger partial charge in [0.1, 0.15) is 0 Å². The average Bonchev–Trinajstić information content (AvgIpc) is 3.22. The first-order chi connectivity index (χ1) is 14.6. The third-order valence-corrected chi connectivity index (χ3v) is 5.07. The molecule has 1 heterocycles. The maximum absolute atomic E-state index is 12.7. The van der Waals surface area contributed by atoms with Crippen LogP contribution >= 0.6 is 15.9 Å². The number of halogens is 1. The fourth-order valence-electron chi connectivity index (χ4n) is 2.96. The summed E-state index contributed by atoms with van der Waals surface area (Å²) in [5.74, 6) is -0.369. The largest absolute Gasteiger partial charge is 0.291 e. The molecule has 0 bridgehead atoms. The lowest BCUT2D eigenvalue weighted by Crippen LogP contribution is -2.18. The van der Waals surface area contributed by atoms with Crippen LogP contribution in [0.4, 0.5) is 0 Å². The predicted molar refractivity (Wildman–Crippen MR) is 123 cm³/mol. The molecular formula is C24H19BrN4O. The second kappa shape index (κ2) is 8.88. The van der Waals surface area contributed by atoms with E-state index in [0.717, 1.165) is 27.0 Å². The van der Waals surface area contributed by atoms with E-state index in [4.69, 9.17) is 0 Å². The molecular weight excluding hydrogens is 440 g/mol. The van der Waals surface area contributed by atoms with Crippen LogP contribution in [0, 0.1) is 6.92 Å². The highest BCUT2D eigenvalue weighted by atomic mass is 79.9. The molecule has 3 aromatic carbocycles. The van der Waals surface area contributed by atoms with Crippen LogP contribution in [0.1, 0.15) is 21.6 Å². The van der Waals surface area contributed by atoms with Gasteiger partial charge >= 0.3 is 0 Å². The molecule has 1 N–H and O–H groups in total. The molecule has 5 nitrogen and oxygen atoms in total. The summed E-state index contributed by atoms with van der Waals surface area (Å²) in [4.78, 5) is 12.7. The van der Waals surface area contributed by atoms with Gasteiger partial charge in [-0.05, 0) is 42.8 Å². The lowest BCUT2D eigenvalue weighted by molar-refractivity contribution is 0.0949. The van der Waals surface area contributed by atoms with Crippen LogP contribution in [0.15, 0.2) is 94.5 Å². The topological polar surface area (TPSA) is 59.3 Å². The SMILES string of the molecule is Cc1ccc(-c2cc(C(=O)N/N=C\c3ccc(Br)cc3)nn2-c2ccccc2)cc1. The summed E-state index contributed by atoms with van der Waals surface area (Å²) >= 11 is 3.39. The van der Waals surface area contributed by atoms with Crippen molar-refractivity contribution in [3.63, 3.8) is 0 Å². The number of aromatic nitrogens is 2. The van der Waals surface area contributed by atoms with Crippen LogP contribution < -0.4 is 5.43 Å². The van der Waals surface area contributed by atoms with Crippen molar-refractivity contribution in [2.24, 2.45) is 5.10 Å². The lowest BCUT2D eigenvalue weighted by Gasteiger charge is -2.07. The van der Waals surface area contributed by atoms with E-state index >= 15 is 0 Å². The maximum atomic E-state index is 12.7. The van der Waals surface area contributed by atoms with Gasteiger partial charge in [-0.2, -0.15) is 10.2 Å². The van der Waals surface area contributed by atoms with E-state index in [0.29, 0.717) is 5.69 Å². The Balaban J connectivity index is 1.62. The molecule has 0 saturated carbocycles. The Hall–Kier alpha value is -3.51. The van der Waals surface area contributed by atoms with Gasteiger partial charge in [-0.3, -0.25) is 4.79 Å². The zero-order chi connectivity index (χ0) is 20.9. The summed E-state index contributed by atoms with van der Waals surface area (Å²) in [7, 11) is 0. The number of hydrazone groups is 1. The van der Waals surface area contributed by atoms with Crippen molar-refractivity contribution in [3.8, 4) is 16.9 Å². The lowest BCUT2D eigenvalue weighted by atomic mass is 10.1. The van der Waals surface area contributed by atoms with Crippen LogP contribution in [-0.2, 0) is 0 Å². The molecule has 0 atom stereocenters. The van der Waals surface area contributed by atoms with Crippen molar-refractivity contribution < 1.29 is 4.79 Å².